The van der Waals surface area contributed by atoms with Crippen LogP contribution in [0.15, 0.2) is 78.3 Å². The minimum Gasteiger partial charge on any atom is -0.389 e. The van der Waals surface area contributed by atoms with E-state index in [1.807, 2.05) is 18.4 Å². The highest BCUT2D eigenvalue weighted by Crippen LogP contribution is 2.35. The molecule has 1 fully saturated rings. The van der Waals surface area contributed by atoms with Crippen LogP contribution in [0.25, 0.3) is 0 Å². The van der Waals surface area contributed by atoms with Crippen molar-refractivity contribution in [1.82, 2.24) is 25.5 Å². The molecule has 0 radical (unpaired) electrons. The van der Waals surface area contributed by atoms with E-state index in [0.717, 1.165) is 35.7 Å². The van der Waals surface area contributed by atoms with Gasteiger partial charge in [0.2, 0.25) is 0 Å². The van der Waals surface area contributed by atoms with Crippen LogP contribution >= 0.6 is 11.3 Å². The Labute approximate surface area is 263 Å². The maximum Gasteiger partial charge on any atom is 0.416 e. The first kappa shape index (κ1) is 32.3. The second kappa shape index (κ2) is 13.9. The molecular weight excluding hydrogens is 603 g/mol. The Balaban J connectivity index is 1.28. The monoisotopic (exact) mass is 637 g/mol. The van der Waals surface area contributed by atoms with E-state index >= 15 is 0 Å². The van der Waals surface area contributed by atoms with Gasteiger partial charge in [0, 0.05) is 35.9 Å². The molecule has 2 aromatic carbocycles. The number of halogens is 3. The number of nitrogens with one attached hydrogen (secondary N) is 2. The lowest BCUT2D eigenvalue weighted by atomic mass is 9.96. The Hall–Kier alpha value is -4.13. The van der Waals surface area contributed by atoms with Crippen molar-refractivity contribution in [2.24, 2.45) is 0 Å². The number of aliphatic hydroxyl groups excluding tert-OH is 1. The number of likely N-dealkylation sites (tertiary alicyclic amines) is 1. The molecule has 2 amide bonds. The molecule has 0 bridgehead atoms. The Bertz CT molecular complexity index is 1630. The van der Waals surface area contributed by atoms with Crippen molar-refractivity contribution in [2.75, 3.05) is 6.54 Å². The molecule has 3 heterocycles. The molecule has 4 atom stereocenters. The summed E-state index contributed by atoms with van der Waals surface area (Å²) in [6.07, 6.45) is -2.57. The van der Waals surface area contributed by atoms with E-state index in [2.05, 4.69) is 20.6 Å². The number of aromatic nitrogens is 2. The molecule has 1 aliphatic rings. The molecule has 5 rings (SSSR count). The van der Waals surface area contributed by atoms with Gasteiger partial charge in [0.05, 0.1) is 29.8 Å². The highest BCUT2D eigenvalue weighted by Gasteiger charge is 2.34. The second-order valence-electron chi connectivity index (χ2n) is 11.1. The van der Waals surface area contributed by atoms with Crippen molar-refractivity contribution in [3.8, 4) is 0 Å². The number of aryl methyl sites for hydroxylation is 1. The maximum atomic E-state index is 13.5. The van der Waals surface area contributed by atoms with E-state index in [1.54, 1.807) is 42.2 Å². The summed E-state index contributed by atoms with van der Waals surface area (Å²) in [6.45, 7) is 4.17. The Kier molecular flexibility index (Phi) is 9.96. The van der Waals surface area contributed by atoms with E-state index in [9.17, 15) is 27.9 Å². The summed E-state index contributed by atoms with van der Waals surface area (Å²) in [5, 5.41) is 20.2. The SMILES string of the molecule is Cc1csc(C2CCCN2C(=O)c2cc(C(=O)NC(C)C(O)C(NCc3cccc(C(F)(F)F)c3)c3ccccc3)ccn2)n1. The van der Waals surface area contributed by atoms with Crippen LogP contribution in [0, 0.1) is 6.92 Å². The lowest BCUT2D eigenvalue weighted by molar-refractivity contribution is -0.137. The predicted octanol–water partition coefficient (Wildman–Crippen LogP) is 5.85. The molecule has 8 nitrogen and oxygen atoms in total. The third-order valence-electron chi connectivity index (χ3n) is 7.83. The minimum atomic E-state index is -4.47. The summed E-state index contributed by atoms with van der Waals surface area (Å²) in [5.74, 6) is -0.785. The van der Waals surface area contributed by atoms with Crippen LogP contribution in [0.5, 0.6) is 0 Å². The molecule has 0 saturated carbocycles. The summed E-state index contributed by atoms with van der Waals surface area (Å²) in [6, 6.07) is 15.3. The number of pyridine rings is 1. The number of hydrogen-bond donors (Lipinski definition) is 3. The van der Waals surface area contributed by atoms with Gasteiger partial charge in [-0.25, -0.2) is 4.98 Å². The van der Waals surface area contributed by atoms with Gasteiger partial charge in [-0.15, -0.1) is 11.3 Å². The van der Waals surface area contributed by atoms with Gasteiger partial charge in [0.15, 0.2) is 0 Å². The van der Waals surface area contributed by atoms with E-state index in [0.29, 0.717) is 17.7 Å². The summed E-state index contributed by atoms with van der Waals surface area (Å²) < 4.78 is 39.7. The van der Waals surface area contributed by atoms with E-state index in [-0.39, 0.29) is 29.8 Å². The number of carbonyl (C=O) groups is 2. The third-order valence-corrected chi connectivity index (χ3v) is 8.89. The number of benzene rings is 2. The predicted molar refractivity (Wildman–Crippen MR) is 165 cm³/mol. The smallest absolute Gasteiger partial charge is 0.389 e. The fourth-order valence-corrected chi connectivity index (χ4v) is 6.42. The van der Waals surface area contributed by atoms with Gasteiger partial charge in [-0.1, -0.05) is 48.5 Å². The number of rotatable bonds is 10. The van der Waals surface area contributed by atoms with Crippen LogP contribution in [-0.2, 0) is 12.7 Å². The summed E-state index contributed by atoms with van der Waals surface area (Å²) >= 11 is 1.52. The minimum absolute atomic E-state index is 0.0507. The summed E-state index contributed by atoms with van der Waals surface area (Å²) in [4.78, 5) is 37.3. The van der Waals surface area contributed by atoms with E-state index in [4.69, 9.17) is 0 Å². The van der Waals surface area contributed by atoms with Crippen molar-refractivity contribution in [1.29, 1.82) is 0 Å². The molecule has 12 heteroatoms. The zero-order valence-electron chi connectivity index (χ0n) is 24.8. The largest absolute Gasteiger partial charge is 0.416 e. The van der Waals surface area contributed by atoms with E-state index < -0.39 is 35.8 Å². The Morgan fingerprint density at radius 1 is 1.11 bits per heavy atom. The number of hydrogen-bond acceptors (Lipinski definition) is 7. The molecule has 45 heavy (non-hydrogen) atoms. The first-order chi connectivity index (χ1) is 21.5. The molecular formula is C33H34F3N5O3S. The first-order valence-electron chi connectivity index (χ1n) is 14.6. The molecule has 4 aromatic rings. The average molecular weight is 638 g/mol. The van der Waals surface area contributed by atoms with Gasteiger partial charge in [0.25, 0.3) is 11.8 Å². The Morgan fingerprint density at radius 3 is 2.60 bits per heavy atom. The van der Waals surface area contributed by atoms with Gasteiger partial charge in [0.1, 0.15) is 10.7 Å². The Morgan fingerprint density at radius 2 is 1.89 bits per heavy atom. The quantitative estimate of drug-likeness (QED) is 0.201. The fourth-order valence-electron chi connectivity index (χ4n) is 5.47. The summed E-state index contributed by atoms with van der Waals surface area (Å²) in [7, 11) is 0. The van der Waals surface area contributed by atoms with Crippen LogP contribution in [0.4, 0.5) is 13.2 Å². The average Bonchev–Trinajstić information content (AvgIpc) is 3.70. The molecule has 0 spiro atoms. The van der Waals surface area contributed by atoms with Crippen LogP contribution in [0.3, 0.4) is 0 Å². The highest BCUT2D eigenvalue weighted by atomic mass is 32.1. The number of alkyl halides is 3. The highest BCUT2D eigenvalue weighted by molar-refractivity contribution is 7.09. The van der Waals surface area contributed by atoms with Crippen LogP contribution in [0.1, 0.15) is 80.1 Å². The topological polar surface area (TPSA) is 107 Å². The molecule has 4 unspecified atom stereocenters. The van der Waals surface area contributed by atoms with Gasteiger partial charge in [-0.2, -0.15) is 13.2 Å². The first-order valence-corrected chi connectivity index (χ1v) is 15.5. The molecule has 3 N–H and O–H groups in total. The number of aliphatic hydroxyl groups is 1. The van der Waals surface area contributed by atoms with Gasteiger partial charge < -0.3 is 20.6 Å². The van der Waals surface area contributed by atoms with Crippen LogP contribution in [-0.4, -0.2) is 50.5 Å². The fraction of sp³-hybridized carbons (Fsp3) is 0.333. The third kappa shape index (κ3) is 7.75. The number of amides is 2. The molecule has 236 valence electrons. The van der Waals surface area contributed by atoms with Crippen molar-refractivity contribution >= 4 is 23.2 Å². The van der Waals surface area contributed by atoms with Gasteiger partial charge in [-0.05, 0) is 56.0 Å². The van der Waals surface area contributed by atoms with Crippen molar-refractivity contribution in [3.05, 3.63) is 117 Å². The zero-order valence-corrected chi connectivity index (χ0v) is 25.6. The van der Waals surface area contributed by atoms with Crippen LogP contribution < -0.4 is 10.6 Å². The van der Waals surface area contributed by atoms with Crippen molar-refractivity contribution in [3.63, 3.8) is 0 Å². The number of thiazole rings is 1. The van der Waals surface area contributed by atoms with Crippen molar-refractivity contribution in [2.45, 2.75) is 63.6 Å². The zero-order chi connectivity index (χ0) is 32.1. The van der Waals surface area contributed by atoms with Crippen LogP contribution in [0.2, 0.25) is 0 Å². The number of carbonyl (C=O) groups excluding carboxylic acids is 2. The molecule has 1 saturated heterocycles. The van der Waals surface area contributed by atoms with Crippen molar-refractivity contribution < 1.29 is 27.9 Å². The van der Waals surface area contributed by atoms with Gasteiger partial charge in [-0.3, -0.25) is 14.6 Å². The molecule has 1 aliphatic heterocycles. The molecule has 0 aliphatic carbocycles. The van der Waals surface area contributed by atoms with E-state index in [1.165, 1.54) is 35.7 Å². The lowest BCUT2D eigenvalue weighted by Crippen LogP contribution is -2.47. The second-order valence-corrected chi connectivity index (χ2v) is 12.0. The lowest BCUT2D eigenvalue weighted by Gasteiger charge is -2.30. The molecule has 2 aromatic heterocycles. The standard InChI is InChI=1S/C33H34F3N5O3S/c1-20-19-45-31(39-20)27-12-7-15-41(27)32(44)26-17-24(13-14-37-26)30(43)40-21(2)29(42)28(23-9-4-3-5-10-23)38-18-22-8-6-11-25(16-22)33(34,35)36/h3-6,8-11,13-14,16-17,19,21,27-29,38,42H,7,12,15,18H2,1-2H3,(H,40,43). The maximum absolute atomic E-state index is 13.5. The number of nitrogens with zero attached hydrogens (tertiary/aromatic N) is 3. The van der Waals surface area contributed by atoms with Gasteiger partial charge >= 0.3 is 6.18 Å². The summed E-state index contributed by atoms with van der Waals surface area (Å²) in [5.41, 5.74) is 1.59. The normalized spacial score (nSPS) is 17.1.